The molecule has 4 nitrogen and oxygen atoms in total. The van der Waals surface area contributed by atoms with E-state index >= 15 is 0 Å². The monoisotopic (exact) mass is 306 g/mol. The number of rotatable bonds is 9. The second-order valence-corrected chi connectivity index (χ2v) is 6.63. The van der Waals surface area contributed by atoms with Crippen LogP contribution in [0.5, 0.6) is 5.75 Å². The molecule has 1 aromatic carbocycles. The topological polar surface area (TPSA) is 64.3 Å². The summed E-state index contributed by atoms with van der Waals surface area (Å²) in [5.74, 6) is 1.43. The lowest BCUT2D eigenvalue weighted by Crippen LogP contribution is -2.52. The van der Waals surface area contributed by atoms with E-state index in [-0.39, 0.29) is 11.4 Å². The number of carbonyl (C=O) groups excluding carboxylic acids is 1. The van der Waals surface area contributed by atoms with E-state index < -0.39 is 0 Å². The van der Waals surface area contributed by atoms with Crippen molar-refractivity contribution in [2.75, 3.05) is 13.2 Å². The molecule has 0 spiro atoms. The SMILES string of the molecule is Cc1ccccc1OCCCC(=O)NC(C)(CN)CC(C)C. The molecule has 1 amide bonds. The summed E-state index contributed by atoms with van der Waals surface area (Å²) in [6.07, 6.45) is 2.04. The maximum atomic E-state index is 12.1. The van der Waals surface area contributed by atoms with Gasteiger partial charge in [-0.1, -0.05) is 32.0 Å². The van der Waals surface area contributed by atoms with Gasteiger partial charge in [-0.15, -0.1) is 0 Å². The number of aryl methyl sites for hydroxylation is 1. The summed E-state index contributed by atoms with van der Waals surface area (Å²) in [6, 6.07) is 7.90. The van der Waals surface area contributed by atoms with Gasteiger partial charge in [0.25, 0.3) is 0 Å². The van der Waals surface area contributed by atoms with Crippen LogP contribution in [0.25, 0.3) is 0 Å². The molecule has 0 fully saturated rings. The largest absolute Gasteiger partial charge is 0.493 e. The van der Waals surface area contributed by atoms with Crippen LogP contribution < -0.4 is 15.8 Å². The van der Waals surface area contributed by atoms with E-state index in [0.717, 1.165) is 17.7 Å². The Balaban J connectivity index is 2.32. The Bertz CT molecular complexity index is 474. The van der Waals surface area contributed by atoms with Crippen LogP contribution in [0, 0.1) is 12.8 Å². The highest BCUT2D eigenvalue weighted by atomic mass is 16.5. The van der Waals surface area contributed by atoms with Gasteiger partial charge in [-0.3, -0.25) is 4.79 Å². The van der Waals surface area contributed by atoms with Crippen molar-refractivity contribution in [3.63, 3.8) is 0 Å². The molecule has 0 heterocycles. The first-order valence-electron chi connectivity index (χ1n) is 8.06. The Hall–Kier alpha value is -1.55. The van der Waals surface area contributed by atoms with Crippen molar-refractivity contribution in [3.8, 4) is 5.75 Å². The lowest BCUT2D eigenvalue weighted by Gasteiger charge is -2.31. The van der Waals surface area contributed by atoms with Crippen molar-refractivity contribution in [1.82, 2.24) is 5.32 Å². The molecule has 1 rings (SSSR count). The van der Waals surface area contributed by atoms with Gasteiger partial charge in [0, 0.05) is 18.5 Å². The maximum absolute atomic E-state index is 12.1. The molecule has 4 heteroatoms. The van der Waals surface area contributed by atoms with Crippen LogP contribution in [0.1, 0.15) is 45.6 Å². The highest BCUT2D eigenvalue weighted by Crippen LogP contribution is 2.17. The van der Waals surface area contributed by atoms with Crippen LogP contribution >= 0.6 is 0 Å². The summed E-state index contributed by atoms with van der Waals surface area (Å²) >= 11 is 0. The number of ether oxygens (including phenoxy) is 1. The summed E-state index contributed by atoms with van der Waals surface area (Å²) in [6.45, 7) is 9.29. The Morgan fingerprint density at radius 2 is 2.05 bits per heavy atom. The highest BCUT2D eigenvalue weighted by molar-refractivity contribution is 5.76. The molecular weight excluding hydrogens is 276 g/mol. The molecule has 0 saturated heterocycles. The number of para-hydroxylation sites is 1. The van der Waals surface area contributed by atoms with E-state index in [1.807, 2.05) is 38.1 Å². The number of benzene rings is 1. The van der Waals surface area contributed by atoms with Crippen LogP contribution in [0.15, 0.2) is 24.3 Å². The third-order valence-corrected chi connectivity index (χ3v) is 3.65. The van der Waals surface area contributed by atoms with Crippen molar-refractivity contribution in [1.29, 1.82) is 0 Å². The lowest BCUT2D eigenvalue weighted by atomic mass is 9.90. The average molecular weight is 306 g/mol. The maximum Gasteiger partial charge on any atom is 0.220 e. The number of hydrogen-bond acceptors (Lipinski definition) is 3. The van der Waals surface area contributed by atoms with E-state index in [4.69, 9.17) is 10.5 Å². The standard InChI is InChI=1S/C18H30N2O2/c1-14(2)12-18(4,13-19)20-17(21)10-7-11-22-16-9-6-5-8-15(16)3/h5-6,8-9,14H,7,10-13,19H2,1-4H3,(H,20,21). The minimum absolute atomic E-state index is 0.0435. The van der Waals surface area contributed by atoms with Crippen molar-refractivity contribution in [2.24, 2.45) is 11.7 Å². The Morgan fingerprint density at radius 1 is 1.36 bits per heavy atom. The van der Waals surface area contributed by atoms with Gasteiger partial charge in [0.05, 0.1) is 6.61 Å². The summed E-state index contributed by atoms with van der Waals surface area (Å²) in [7, 11) is 0. The predicted molar refractivity (Wildman–Crippen MR) is 91.0 cm³/mol. The molecule has 0 aliphatic carbocycles. The second-order valence-electron chi connectivity index (χ2n) is 6.63. The quantitative estimate of drug-likeness (QED) is 0.689. The van der Waals surface area contributed by atoms with Crippen LogP contribution in [-0.2, 0) is 4.79 Å². The van der Waals surface area contributed by atoms with Gasteiger partial charge in [-0.25, -0.2) is 0 Å². The smallest absolute Gasteiger partial charge is 0.220 e. The van der Waals surface area contributed by atoms with Gasteiger partial charge in [0.2, 0.25) is 5.91 Å². The van der Waals surface area contributed by atoms with Crippen molar-refractivity contribution >= 4 is 5.91 Å². The van der Waals surface area contributed by atoms with Crippen LogP contribution in [0.3, 0.4) is 0 Å². The van der Waals surface area contributed by atoms with Crippen LogP contribution in [0.2, 0.25) is 0 Å². The Kier molecular flexibility index (Phi) is 7.39. The number of nitrogens with one attached hydrogen (secondary N) is 1. The first kappa shape index (κ1) is 18.5. The summed E-state index contributed by atoms with van der Waals surface area (Å²) in [4.78, 5) is 12.1. The number of nitrogens with two attached hydrogens (primary N) is 1. The van der Waals surface area contributed by atoms with Gasteiger partial charge in [0.15, 0.2) is 0 Å². The Labute approximate surface area is 134 Å². The lowest BCUT2D eigenvalue weighted by molar-refractivity contribution is -0.123. The third-order valence-electron chi connectivity index (χ3n) is 3.65. The number of amides is 1. The molecule has 3 N–H and O–H groups in total. The minimum Gasteiger partial charge on any atom is -0.493 e. The molecule has 0 radical (unpaired) electrons. The average Bonchev–Trinajstić information content (AvgIpc) is 2.44. The van der Waals surface area contributed by atoms with E-state index in [1.165, 1.54) is 0 Å². The third kappa shape index (κ3) is 6.48. The van der Waals surface area contributed by atoms with Gasteiger partial charge in [0.1, 0.15) is 5.75 Å². The first-order chi connectivity index (χ1) is 10.4. The van der Waals surface area contributed by atoms with Crippen LogP contribution in [-0.4, -0.2) is 24.6 Å². The molecule has 1 atom stereocenters. The molecule has 22 heavy (non-hydrogen) atoms. The van der Waals surface area contributed by atoms with E-state index in [0.29, 0.717) is 31.9 Å². The molecular formula is C18H30N2O2. The fourth-order valence-corrected chi connectivity index (χ4v) is 2.62. The van der Waals surface area contributed by atoms with Gasteiger partial charge >= 0.3 is 0 Å². The van der Waals surface area contributed by atoms with E-state index in [2.05, 4.69) is 19.2 Å². The molecule has 0 bridgehead atoms. The summed E-state index contributed by atoms with van der Waals surface area (Å²) < 4.78 is 5.70. The number of carbonyl (C=O) groups is 1. The fraction of sp³-hybridized carbons (Fsp3) is 0.611. The van der Waals surface area contributed by atoms with Crippen molar-refractivity contribution < 1.29 is 9.53 Å². The van der Waals surface area contributed by atoms with E-state index in [1.54, 1.807) is 0 Å². The molecule has 1 unspecified atom stereocenters. The number of hydrogen-bond donors (Lipinski definition) is 2. The van der Waals surface area contributed by atoms with Gasteiger partial charge in [-0.05, 0) is 44.2 Å². The zero-order chi connectivity index (χ0) is 16.6. The first-order valence-corrected chi connectivity index (χ1v) is 8.06. The van der Waals surface area contributed by atoms with Crippen LogP contribution in [0.4, 0.5) is 0 Å². The van der Waals surface area contributed by atoms with Gasteiger partial charge < -0.3 is 15.8 Å². The predicted octanol–water partition coefficient (Wildman–Crippen LogP) is 3.03. The molecule has 0 aliphatic rings. The summed E-state index contributed by atoms with van der Waals surface area (Å²) in [5.41, 5.74) is 6.61. The molecule has 1 aromatic rings. The van der Waals surface area contributed by atoms with Crippen molar-refractivity contribution in [2.45, 2.75) is 52.5 Å². The zero-order valence-corrected chi connectivity index (χ0v) is 14.3. The highest BCUT2D eigenvalue weighted by Gasteiger charge is 2.25. The summed E-state index contributed by atoms with van der Waals surface area (Å²) in [5, 5.41) is 3.06. The molecule has 0 aromatic heterocycles. The second kappa shape index (κ2) is 8.79. The molecule has 0 aliphatic heterocycles. The van der Waals surface area contributed by atoms with Gasteiger partial charge in [-0.2, -0.15) is 0 Å². The Morgan fingerprint density at radius 3 is 2.64 bits per heavy atom. The fourth-order valence-electron chi connectivity index (χ4n) is 2.62. The molecule has 124 valence electrons. The minimum atomic E-state index is -0.317. The van der Waals surface area contributed by atoms with E-state index in [9.17, 15) is 4.79 Å². The van der Waals surface area contributed by atoms with Crippen molar-refractivity contribution in [3.05, 3.63) is 29.8 Å². The normalized spacial score (nSPS) is 13.7. The molecule has 0 saturated carbocycles. The zero-order valence-electron chi connectivity index (χ0n) is 14.3.